The maximum atomic E-state index is 9.00. The van der Waals surface area contributed by atoms with Gasteiger partial charge >= 0.3 is 0 Å². The third-order valence-electron chi connectivity index (χ3n) is 5.24. The molecule has 0 aromatic rings. The number of rotatable bonds is 18. The molecule has 1 unspecified atom stereocenters. The van der Waals surface area contributed by atoms with Crippen LogP contribution in [0, 0.1) is 11.5 Å². The Morgan fingerprint density at radius 2 is 1.32 bits per heavy atom. The van der Waals surface area contributed by atoms with Crippen LogP contribution in [0.15, 0.2) is 0 Å². The number of methoxy groups -OCH3 is 2. The highest BCUT2D eigenvalue weighted by Crippen LogP contribution is 2.30. The van der Waals surface area contributed by atoms with Crippen LogP contribution in [-0.4, -0.2) is 26.1 Å². The van der Waals surface area contributed by atoms with E-state index in [2.05, 4.69) is 13.8 Å². The second-order valence-corrected chi connectivity index (χ2v) is 7.10. The molecule has 0 saturated heterocycles. The molecule has 0 rings (SSSR count). The molecule has 4 heteroatoms. The average molecular weight is 356 g/mol. The summed E-state index contributed by atoms with van der Waals surface area (Å²) in [5, 5.41) is 9.00. The topological polar surface area (TPSA) is 51.5 Å². The van der Waals surface area contributed by atoms with Gasteiger partial charge in [-0.05, 0) is 44.9 Å². The van der Waals surface area contributed by atoms with Gasteiger partial charge in [0.15, 0.2) is 6.29 Å². The van der Waals surface area contributed by atoms with Crippen molar-refractivity contribution in [3.63, 3.8) is 0 Å². The Kier molecular flexibility index (Phi) is 16.1. The molecule has 0 aromatic carbocycles. The van der Waals surface area contributed by atoms with Gasteiger partial charge in [-0.25, -0.2) is 0 Å². The lowest BCUT2D eigenvalue weighted by Crippen LogP contribution is -2.30. The number of nitriles is 1. The molecule has 0 heterocycles. The highest BCUT2D eigenvalue weighted by molar-refractivity contribution is 4.82. The van der Waals surface area contributed by atoms with Gasteiger partial charge in [0.1, 0.15) is 5.60 Å². The van der Waals surface area contributed by atoms with Crippen LogP contribution < -0.4 is 0 Å². The second kappa shape index (κ2) is 16.7. The first kappa shape index (κ1) is 24.2. The van der Waals surface area contributed by atoms with Crippen LogP contribution in [-0.2, 0) is 14.2 Å². The summed E-state index contributed by atoms with van der Waals surface area (Å²) in [5.74, 6) is 0. The standard InChI is InChI=1S/C21H41NO3/c1-5-7-14-17-21(6-2,25-19-22)18-15-12-10-8-9-11-13-16-20(23-3)24-4/h20H,5-18H2,1-4H3. The molecule has 0 aliphatic heterocycles. The van der Waals surface area contributed by atoms with E-state index in [0.717, 1.165) is 38.5 Å². The van der Waals surface area contributed by atoms with Crippen LogP contribution in [0.25, 0.3) is 0 Å². The van der Waals surface area contributed by atoms with Crippen molar-refractivity contribution >= 4 is 0 Å². The van der Waals surface area contributed by atoms with Gasteiger partial charge in [-0.15, -0.1) is 0 Å². The first-order valence-electron chi connectivity index (χ1n) is 10.3. The van der Waals surface area contributed by atoms with Gasteiger partial charge in [0.05, 0.1) is 0 Å². The molecule has 0 N–H and O–H groups in total. The summed E-state index contributed by atoms with van der Waals surface area (Å²) >= 11 is 0. The van der Waals surface area contributed by atoms with Gasteiger partial charge in [0.25, 0.3) is 6.26 Å². The van der Waals surface area contributed by atoms with Crippen molar-refractivity contribution in [2.24, 2.45) is 0 Å². The minimum Gasteiger partial charge on any atom is -0.421 e. The van der Waals surface area contributed by atoms with Crippen LogP contribution in [0.5, 0.6) is 0 Å². The molecule has 0 bridgehead atoms. The average Bonchev–Trinajstić information content (AvgIpc) is 2.63. The number of hydrogen-bond acceptors (Lipinski definition) is 4. The molecule has 0 spiro atoms. The molecule has 0 amide bonds. The van der Waals surface area contributed by atoms with E-state index >= 15 is 0 Å². The summed E-state index contributed by atoms with van der Waals surface area (Å²) in [6, 6.07) is 0. The maximum absolute atomic E-state index is 9.00. The predicted octanol–water partition coefficient (Wildman–Crippen LogP) is 6.34. The predicted molar refractivity (Wildman–Crippen MR) is 103 cm³/mol. The molecule has 4 nitrogen and oxygen atoms in total. The zero-order valence-electron chi connectivity index (χ0n) is 17.1. The number of ether oxygens (including phenoxy) is 3. The van der Waals surface area contributed by atoms with Crippen LogP contribution in [0.4, 0.5) is 0 Å². The zero-order valence-corrected chi connectivity index (χ0v) is 17.1. The zero-order chi connectivity index (χ0) is 18.8. The molecule has 0 radical (unpaired) electrons. The molecule has 1 atom stereocenters. The maximum Gasteiger partial charge on any atom is 0.286 e. The highest BCUT2D eigenvalue weighted by Gasteiger charge is 2.29. The van der Waals surface area contributed by atoms with Crippen molar-refractivity contribution in [3.05, 3.63) is 0 Å². The van der Waals surface area contributed by atoms with Crippen molar-refractivity contribution in [1.29, 1.82) is 5.26 Å². The van der Waals surface area contributed by atoms with E-state index < -0.39 is 0 Å². The van der Waals surface area contributed by atoms with E-state index in [0.29, 0.717) is 0 Å². The van der Waals surface area contributed by atoms with Crippen molar-refractivity contribution in [3.8, 4) is 6.26 Å². The summed E-state index contributed by atoms with van der Waals surface area (Å²) in [4.78, 5) is 0. The third-order valence-corrected chi connectivity index (χ3v) is 5.24. The minimum atomic E-state index is -0.209. The Morgan fingerprint density at radius 1 is 0.800 bits per heavy atom. The molecule has 0 saturated carbocycles. The van der Waals surface area contributed by atoms with Gasteiger partial charge in [-0.2, -0.15) is 5.26 Å². The van der Waals surface area contributed by atoms with Crippen LogP contribution in [0.2, 0.25) is 0 Å². The fourth-order valence-electron chi connectivity index (χ4n) is 3.42. The summed E-state index contributed by atoms with van der Waals surface area (Å²) in [6.45, 7) is 4.36. The molecular weight excluding hydrogens is 314 g/mol. The molecule has 0 aliphatic carbocycles. The summed E-state index contributed by atoms with van der Waals surface area (Å²) < 4.78 is 15.9. The lowest BCUT2D eigenvalue weighted by Gasteiger charge is -2.30. The highest BCUT2D eigenvalue weighted by atomic mass is 16.7. The van der Waals surface area contributed by atoms with Crippen molar-refractivity contribution in [2.45, 2.75) is 116 Å². The molecule has 0 fully saturated rings. The van der Waals surface area contributed by atoms with Crippen LogP contribution in [0.1, 0.15) is 104 Å². The normalized spacial score (nSPS) is 13.6. The van der Waals surface area contributed by atoms with Gasteiger partial charge in [-0.3, -0.25) is 0 Å². The van der Waals surface area contributed by atoms with E-state index in [4.69, 9.17) is 19.5 Å². The van der Waals surface area contributed by atoms with Gasteiger partial charge in [0.2, 0.25) is 0 Å². The smallest absolute Gasteiger partial charge is 0.286 e. The fraction of sp³-hybridized carbons (Fsp3) is 0.952. The van der Waals surface area contributed by atoms with E-state index in [-0.39, 0.29) is 11.9 Å². The van der Waals surface area contributed by atoms with Crippen molar-refractivity contribution in [1.82, 2.24) is 0 Å². The second-order valence-electron chi connectivity index (χ2n) is 7.10. The Hall–Kier alpha value is -0.790. The van der Waals surface area contributed by atoms with E-state index in [1.807, 2.05) is 6.26 Å². The van der Waals surface area contributed by atoms with Crippen molar-refractivity contribution < 1.29 is 14.2 Å². The molecule has 148 valence electrons. The minimum absolute atomic E-state index is 0.0463. The quantitative estimate of drug-likeness (QED) is 0.163. The first-order valence-corrected chi connectivity index (χ1v) is 10.3. The lowest BCUT2D eigenvalue weighted by atomic mass is 9.87. The first-order chi connectivity index (χ1) is 12.2. The largest absolute Gasteiger partial charge is 0.421 e. The summed E-state index contributed by atoms with van der Waals surface area (Å²) in [5.41, 5.74) is -0.209. The number of hydrogen-bond donors (Lipinski definition) is 0. The van der Waals surface area contributed by atoms with Gasteiger partial charge < -0.3 is 14.2 Å². The Morgan fingerprint density at radius 3 is 1.80 bits per heavy atom. The van der Waals surface area contributed by atoms with Crippen molar-refractivity contribution in [2.75, 3.05) is 14.2 Å². The summed E-state index contributed by atoms with van der Waals surface area (Å²) in [7, 11) is 3.39. The Labute approximate surface area is 156 Å². The molecule has 0 aliphatic rings. The number of nitrogens with zero attached hydrogens (tertiary/aromatic N) is 1. The fourth-order valence-corrected chi connectivity index (χ4v) is 3.42. The summed E-state index contributed by atoms with van der Waals surface area (Å²) in [6.07, 6.45) is 18.1. The Bertz CT molecular complexity index is 326. The lowest BCUT2D eigenvalue weighted by molar-refractivity contribution is -0.107. The monoisotopic (exact) mass is 355 g/mol. The van der Waals surface area contributed by atoms with E-state index in [1.165, 1.54) is 51.4 Å². The Balaban J connectivity index is 3.79. The number of unbranched alkanes of at least 4 members (excludes halogenated alkanes) is 8. The van der Waals surface area contributed by atoms with E-state index in [9.17, 15) is 0 Å². The van der Waals surface area contributed by atoms with E-state index in [1.54, 1.807) is 14.2 Å². The van der Waals surface area contributed by atoms with Gasteiger partial charge in [0, 0.05) is 14.2 Å². The van der Waals surface area contributed by atoms with Crippen LogP contribution >= 0.6 is 0 Å². The molecular formula is C21H41NO3. The third kappa shape index (κ3) is 12.2. The molecule has 25 heavy (non-hydrogen) atoms. The SMILES string of the molecule is CCCCCC(CC)(CCCCCCCCCC(OC)OC)OC#N. The van der Waals surface area contributed by atoms with Crippen LogP contribution in [0.3, 0.4) is 0 Å². The van der Waals surface area contributed by atoms with Gasteiger partial charge in [-0.1, -0.05) is 58.8 Å². The molecule has 0 aromatic heterocycles.